The van der Waals surface area contributed by atoms with Crippen LogP contribution in [0, 0.1) is 13.8 Å². The molecular weight excluding hydrogens is 396 g/mol. The molecule has 4 heteroatoms. The average molecular weight is 411 g/mol. The Balaban J connectivity index is 1.67. The second-order valence-corrected chi connectivity index (χ2v) is 7.99. The molecular formula is C21H15BrO2S. The van der Waals surface area contributed by atoms with Gasteiger partial charge in [-0.15, -0.1) is 0 Å². The molecule has 0 aliphatic carbocycles. The number of carbonyl (C=O) groups is 1. The zero-order valence-corrected chi connectivity index (χ0v) is 16.2. The van der Waals surface area contributed by atoms with Crippen molar-refractivity contribution in [1.82, 2.24) is 0 Å². The zero-order valence-electron chi connectivity index (χ0n) is 13.8. The topological polar surface area (TPSA) is 30.2 Å². The Kier molecular flexibility index (Phi) is 4.18. The molecule has 2 aromatic carbocycles. The third-order valence-corrected chi connectivity index (χ3v) is 6.08. The van der Waals surface area contributed by atoms with Crippen LogP contribution in [0.2, 0.25) is 0 Å². The van der Waals surface area contributed by atoms with E-state index < -0.39 is 0 Å². The monoisotopic (exact) mass is 410 g/mol. The second-order valence-electron chi connectivity index (χ2n) is 6.05. The molecule has 0 N–H and O–H groups in total. The molecule has 4 rings (SSSR count). The van der Waals surface area contributed by atoms with Gasteiger partial charge in [-0.3, -0.25) is 4.79 Å². The Morgan fingerprint density at radius 1 is 1.00 bits per heavy atom. The molecule has 0 saturated heterocycles. The van der Waals surface area contributed by atoms with Crippen molar-refractivity contribution < 1.29 is 9.21 Å². The van der Waals surface area contributed by atoms with E-state index in [1.165, 1.54) is 22.9 Å². The Morgan fingerprint density at radius 3 is 2.56 bits per heavy atom. The summed E-state index contributed by atoms with van der Waals surface area (Å²) in [6.45, 7) is 4.17. The summed E-state index contributed by atoms with van der Waals surface area (Å²) in [4.78, 5) is 14.2. The Labute approximate surface area is 159 Å². The quantitative estimate of drug-likeness (QED) is 0.442. The van der Waals surface area contributed by atoms with Crippen LogP contribution in [0.15, 0.2) is 67.2 Å². The molecule has 1 aromatic heterocycles. The summed E-state index contributed by atoms with van der Waals surface area (Å²) in [5.74, 6) is 1.53. The number of fused-ring (bicyclic) bond motifs is 1. The van der Waals surface area contributed by atoms with Crippen LogP contribution >= 0.6 is 27.7 Å². The van der Waals surface area contributed by atoms with Crippen LogP contribution in [0.1, 0.15) is 27.2 Å². The number of Topliss-reactive ketones (excluding diaryl/α,β-unsaturated/α-hetero) is 1. The van der Waals surface area contributed by atoms with Crippen molar-refractivity contribution in [3.8, 4) is 11.3 Å². The van der Waals surface area contributed by atoms with E-state index in [2.05, 4.69) is 41.9 Å². The van der Waals surface area contributed by atoms with Crippen molar-refractivity contribution in [1.29, 1.82) is 0 Å². The van der Waals surface area contributed by atoms with Gasteiger partial charge in [0.15, 0.2) is 0 Å². The van der Waals surface area contributed by atoms with Gasteiger partial charge in [0.1, 0.15) is 11.5 Å². The summed E-state index contributed by atoms with van der Waals surface area (Å²) in [6, 6.07) is 15.7. The Hall–Kier alpha value is -2.04. The van der Waals surface area contributed by atoms with Crippen LogP contribution < -0.4 is 0 Å². The summed E-state index contributed by atoms with van der Waals surface area (Å²) >= 11 is 5.10. The van der Waals surface area contributed by atoms with Gasteiger partial charge in [0, 0.05) is 20.5 Å². The minimum absolute atomic E-state index is 0.0610. The number of aryl methyl sites for hydroxylation is 2. The largest absolute Gasteiger partial charge is 0.457 e. The lowest BCUT2D eigenvalue weighted by molar-refractivity contribution is 0.104. The highest BCUT2D eigenvalue weighted by atomic mass is 79.9. The normalized spacial score (nSPS) is 15.0. The highest BCUT2D eigenvalue weighted by molar-refractivity contribution is 9.10. The summed E-state index contributed by atoms with van der Waals surface area (Å²) in [5, 5.41) is 0. The molecule has 0 fully saturated rings. The minimum Gasteiger partial charge on any atom is -0.457 e. The van der Waals surface area contributed by atoms with Crippen LogP contribution in [0.25, 0.3) is 17.4 Å². The lowest BCUT2D eigenvalue weighted by Crippen LogP contribution is -1.93. The summed E-state index contributed by atoms with van der Waals surface area (Å²) in [5.41, 5.74) is 4.23. The Morgan fingerprint density at radius 2 is 1.76 bits per heavy atom. The molecule has 0 spiro atoms. The van der Waals surface area contributed by atoms with E-state index >= 15 is 0 Å². The smallest absolute Gasteiger partial charge is 0.200 e. The highest BCUT2D eigenvalue weighted by Crippen LogP contribution is 2.41. The highest BCUT2D eigenvalue weighted by Gasteiger charge is 2.25. The van der Waals surface area contributed by atoms with Crippen molar-refractivity contribution in [3.63, 3.8) is 0 Å². The average Bonchev–Trinajstić information content (AvgIpc) is 3.17. The fourth-order valence-electron chi connectivity index (χ4n) is 2.81. The zero-order chi connectivity index (χ0) is 17.6. The van der Waals surface area contributed by atoms with Crippen LogP contribution in [-0.4, -0.2) is 5.78 Å². The van der Waals surface area contributed by atoms with E-state index in [-0.39, 0.29) is 5.78 Å². The van der Waals surface area contributed by atoms with Gasteiger partial charge >= 0.3 is 0 Å². The van der Waals surface area contributed by atoms with E-state index in [1.54, 1.807) is 0 Å². The number of carbonyl (C=O) groups excluding carboxylic acids is 1. The van der Waals surface area contributed by atoms with Crippen LogP contribution in [0.4, 0.5) is 0 Å². The summed E-state index contributed by atoms with van der Waals surface area (Å²) in [6.07, 6.45) is 1.82. The fraction of sp³-hybridized carbons (Fsp3) is 0.0952. The number of rotatable bonds is 2. The van der Waals surface area contributed by atoms with Crippen LogP contribution in [0.5, 0.6) is 0 Å². The molecule has 3 aromatic rings. The first-order valence-corrected chi connectivity index (χ1v) is 9.54. The van der Waals surface area contributed by atoms with Gasteiger partial charge in [0.05, 0.1) is 4.91 Å². The SMILES string of the molecule is Cc1cc(Br)c(-c2ccc(C=C3Sc4ccccc4C3=O)o2)cc1C. The molecule has 124 valence electrons. The number of benzene rings is 2. The third kappa shape index (κ3) is 3.00. The molecule has 2 nitrogen and oxygen atoms in total. The maximum absolute atomic E-state index is 12.5. The molecule has 2 heterocycles. The minimum atomic E-state index is 0.0610. The molecule has 25 heavy (non-hydrogen) atoms. The molecule has 0 amide bonds. The van der Waals surface area contributed by atoms with E-state index in [0.29, 0.717) is 10.7 Å². The van der Waals surface area contributed by atoms with Gasteiger partial charge in [-0.05, 0) is 67.4 Å². The first-order chi connectivity index (χ1) is 12.0. The second kappa shape index (κ2) is 6.36. The molecule has 0 unspecified atom stereocenters. The van der Waals surface area contributed by atoms with Crippen molar-refractivity contribution in [2.45, 2.75) is 18.7 Å². The van der Waals surface area contributed by atoms with Gasteiger partial charge in [-0.25, -0.2) is 0 Å². The van der Waals surface area contributed by atoms with Crippen LogP contribution in [-0.2, 0) is 0 Å². The predicted octanol–water partition coefficient (Wildman–Crippen LogP) is 6.66. The van der Waals surface area contributed by atoms with Crippen molar-refractivity contribution in [2.24, 2.45) is 0 Å². The Bertz CT molecular complexity index is 1030. The number of allylic oxidation sites excluding steroid dienone is 1. The number of hydrogen-bond donors (Lipinski definition) is 0. The number of thioether (sulfide) groups is 1. The van der Waals surface area contributed by atoms with Gasteiger partial charge in [-0.1, -0.05) is 39.8 Å². The maximum atomic E-state index is 12.5. The first-order valence-electron chi connectivity index (χ1n) is 7.93. The van der Waals surface area contributed by atoms with E-state index in [4.69, 9.17) is 4.42 Å². The lowest BCUT2D eigenvalue weighted by Gasteiger charge is -2.06. The van der Waals surface area contributed by atoms with E-state index in [0.717, 1.165) is 26.3 Å². The van der Waals surface area contributed by atoms with Crippen molar-refractivity contribution in [3.05, 3.63) is 80.4 Å². The third-order valence-electron chi connectivity index (χ3n) is 4.32. The molecule has 0 bridgehead atoms. The molecule has 0 atom stereocenters. The van der Waals surface area contributed by atoms with E-state index in [9.17, 15) is 4.79 Å². The predicted molar refractivity (Wildman–Crippen MR) is 106 cm³/mol. The first kappa shape index (κ1) is 16.4. The van der Waals surface area contributed by atoms with Gasteiger partial charge in [-0.2, -0.15) is 0 Å². The van der Waals surface area contributed by atoms with Gasteiger partial charge in [0.2, 0.25) is 5.78 Å². The van der Waals surface area contributed by atoms with Gasteiger partial charge < -0.3 is 4.42 Å². The van der Waals surface area contributed by atoms with Crippen LogP contribution in [0.3, 0.4) is 0 Å². The number of furan rings is 1. The standard InChI is InChI=1S/C21H15BrO2S/c1-12-9-16(17(22)10-13(12)2)18-8-7-14(24-18)11-20-21(23)15-5-3-4-6-19(15)25-20/h3-11H,1-2H3. The van der Waals surface area contributed by atoms with Crippen molar-refractivity contribution in [2.75, 3.05) is 0 Å². The maximum Gasteiger partial charge on any atom is 0.200 e. The van der Waals surface area contributed by atoms with Gasteiger partial charge in [0.25, 0.3) is 0 Å². The number of ketones is 1. The number of halogens is 1. The van der Waals surface area contributed by atoms with E-state index in [1.807, 2.05) is 42.5 Å². The number of hydrogen-bond acceptors (Lipinski definition) is 3. The molecule has 1 aliphatic heterocycles. The molecule has 0 saturated carbocycles. The molecule has 0 radical (unpaired) electrons. The summed E-state index contributed by atoms with van der Waals surface area (Å²) < 4.78 is 6.99. The molecule has 1 aliphatic rings. The lowest BCUT2D eigenvalue weighted by atomic mass is 10.1. The fourth-order valence-corrected chi connectivity index (χ4v) is 4.50. The summed E-state index contributed by atoms with van der Waals surface area (Å²) in [7, 11) is 0. The van der Waals surface area contributed by atoms with Crippen molar-refractivity contribution >= 4 is 39.6 Å².